The van der Waals surface area contributed by atoms with Crippen molar-refractivity contribution in [2.75, 3.05) is 19.6 Å². The van der Waals surface area contributed by atoms with Crippen LogP contribution in [0.5, 0.6) is 0 Å². The highest BCUT2D eigenvalue weighted by molar-refractivity contribution is 5.79. The topological polar surface area (TPSA) is 113 Å². The highest BCUT2D eigenvalue weighted by atomic mass is 16.4. The van der Waals surface area contributed by atoms with Crippen LogP contribution in [0, 0.1) is 0 Å². The van der Waals surface area contributed by atoms with E-state index in [2.05, 4.69) is 5.32 Å². The second kappa shape index (κ2) is 5.45. The van der Waals surface area contributed by atoms with Gasteiger partial charge in [0.15, 0.2) is 0 Å². The molecule has 1 rings (SSSR count). The van der Waals surface area contributed by atoms with E-state index in [1.54, 1.807) is 0 Å². The van der Waals surface area contributed by atoms with E-state index in [-0.39, 0.29) is 25.0 Å². The van der Waals surface area contributed by atoms with Gasteiger partial charge in [0.05, 0.1) is 13.1 Å². The zero-order chi connectivity index (χ0) is 12.1. The van der Waals surface area contributed by atoms with E-state index >= 15 is 0 Å². The number of primary amides is 1. The normalized spacial score (nSPS) is 19.8. The molecule has 0 spiro atoms. The lowest BCUT2D eigenvalue weighted by atomic mass is 10.2. The van der Waals surface area contributed by atoms with Gasteiger partial charge in [0, 0.05) is 19.0 Å². The summed E-state index contributed by atoms with van der Waals surface area (Å²) in [5, 5.41) is 11.3. The molecule has 0 saturated carbocycles. The fourth-order valence-electron chi connectivity index (χ4n) is 1.72. The van der Waals surface area contributed by atoms with Crippen LogP contribution >= 0.6 is 0 Å². The Bertz CT molecular complexity index is 289. The molecule has 1 fully saturated rings. The molecular weight excluding hydrogens is 214 g/mol. The summed E-state index contributed by atoms with van der Waals surface area (Å²) < 4.78 is 0. The monoisotopic (exact) mass is 229 g/mol. The van der Waals surface area contributed by atoms with Gasteiger partial charge in [-0.25, -0.2) is 0 Å². The molecule has 7 nitrogen and oxygen atoms in total. The van der Waals surface area contributed by atoms with E-state index in [4.69, 9.17) is 10.8 Å². The lowest BCUT2D eigenvalue weighted by Crippen LogP contribution is -2.44. The predicted octanol–water partition coefficient (Wildman–Crippen LogP) is -1.86. The van der Waals surface area contributed by atoms with Gasteiger partial charge in [-0.1, -0.05) is 0 Å². The van der Waals surface area contributed by atoms with Gasteiger partial charge in [-0.05, 0) is 6.42 Å². The molecule has 2 amide bonds. The van der Waals surface area contributed by atoms with Gasteiger partial charge in [-0.15, -0.1) is 0 Å². The molecule has 4 N–H and O–H groups in total. The molecule has 90 valence electrons. The van der Waals surface area contributed by atoms with Crippen LogP contribution in [0.25, 0.3) is 0 Å². The van der Waals surface area contributed by atoms with Gasteiger partial charge in [0.25, 0.3) is 0 Å². The first-order valence-corrected chi connectivity index (χ1v) is 4.99. The van der Waals surface area contributed by atoms with Crippen molar-refractivity contribution < 1.29 is 19.5 Å². The highest BCUT2D eigenvalue weighted by Gasteiger charge is 2.24. The van der Waals surface area contributed by atoms with E-state index in [9.17, 15) is 14.4 Å². The minimum Gasteiger partial charge on any atom is -0.480 e. The molecule has 0 aliphatic carbocycles. The van der Waals surface area contributed by atoms with Gasteiger partial charge >= 0.3 is 5.97 Å². The summed E-state index contributed by atoms with van der Waals surface area (Å²) in [6.45, 7) is -0.0328. The van der Waals surface area contributed by atoms with Crippen LogP contribution in [0.15, 0.2) is 0 Å². The van der Waals surface area contributed by atoms with Crippen LogP contribution in [0.3, 0.4) is 0 Å². The lowest BCUT2D eigenvalue weighted by molar-refractivity contribution is -0.138. The quantitative estimate of drug-likeness (QED) is 0.494. The van der Waals surface area contributed by atoms with Crippen molar-refractivity contribution in [2.45, 2.75) is 18.9 Å². The minimum absolute atomic E-state index is 0.0423. The van der Waals surface area contributed by atoms with Gasteiger partial charge in [0.2, 0.25) is 11.8 Å². The Morgan fingerprint density at radius 2 is 2.19 bits per heavy atom. The Morgan fingerprint density at radius 1 is 1.50 bits per heavy atom. The van der Waals surface area contributed by atoms with Crippen LogP contribution in [0.4, 0.5) is 0 Å². The summed E-state index contributed by atoms with van der Waals surface area (Å²) in [6, 6.07) is -0.0915. The summed E-state index contributed by atoms with van der Waals surface area (Å²) in [7, 11) is 0. The van der Waals surface area contributed by atoms with Crippen LogP contribution < -0.4 is 11.1 Å². The molecule has 0 radical (unpaired) electrons. The van der Waals surface area contributed by atoms with Crippen molar-refractivity contribution in [1.29, 1.82) is 0 Å². The largest absolute Gasteiger partial charge is 0.480 e. The summed E-state index contributed by atoms with van der Waals surface area (Å²) in [4.78, 5) is 33.6. The SMILES string of the molecule is NC(=O)CN(CC(=O)O)CC1CCC(=O)N1. The second-order valence-corrected chi connectivity index (χ2v) is 3.83. The highest BCUT2D eigenvalue weighted by Crippen LogP contribution is 2.08. The van der Waals surface area contributed by atoms with Gasteiger partial charge in [-0.3, -0.25) is 19.3 Å². The Morgan fingerprint density at radius 3 is 2.62 bits per heavy atom. The first-order chi connectivity index (χ1) is 7.47. The number of carbonyl (C=O) groups excluding carboxylic acids is 2. The van der Waals surface area contributed by atoms with Crippen LogP contribution in [-0.4, -0.2) is 53.5 Å². The molecule has 16 heavy (non-hydrogen) atoms. The fraction of sp³-hybridized carbons (Fsp3) is 0.667. The number of carboxylic acid groups (broad SMARTS) is 1. The Labute approximate surface area is 92.6 Å². The Kier molecular flexibility index (Phi) is 4.24. The van der Waals surface area contributed by atoms with Crippen molar-refractivity contribution in [2.24, 2.45) is 5.73 Å². The zero-order valence-electron chi connectivity index (χ0n) is 8.81. The molecule has 1 aliphatic rings. The number of nitrogens with one attached hydrogen (secondary N) is 1. The first kappa shape index (κ1) is 12.4. The smallest absolute Gasteiger partial charge is 0.317 e. The maximum Gasteiger partial charge on any atom is 0.317 e. The number of hydrogen-bond acceptors (Lipinski definition) is 4. The second-order valence-electron chi connectivity index (χ2n) is 3.83. The summed E-state index contributed by atoms with van der Waals surface area (Å²) in [5.74, 6) is -1.64. The Balaban J connectivity index is 2.45. The van der Waals surface area contributed by atoms with Gasteiger partial charge < -0.3 is 16.2 Å². The molecule has 1 saturated heterocycles. The maximum atomic E-state index is 10.9. The standard InChI is InChI=1S/C9H15N3O4/c10-7(13)4-12(5-9(15)16)3-6-1-2-8(14)11-6/h6H,1-5H2,(H2,10,13)(H,11,14)(H,15,16). The molecule has 0 bridgehead atoms. The average molecular weight is 229 g/mol. The molecule has 7 heteroatoms. The predicted molar refractivity (Wildman–Crippen MR) is 54.4 cm³/mol. The summed E-state index contributed by atoms with van der Waals surface area (Å²) in [5.41, 5.74) is 5.01. The van der Waals surface area contributed by atoms with E-state index < -0.39 is 11.9 Å². The number of amides is 2. The number of nitrogens with two attached hydrogens (primary N) is 1. The van der Waals surface area contributed by atoms with Crippen LogP contribution in [0.1, 0.15) is 12.8 Å². The third-order valence-corrected chi connectivity index (χ3v) is 2.30. The van der Waals surface area contributed by atoms with E-state index in [0.717, 1.165) is 0 Å². The van der Waals surface area contributed by atoms with Crippen molar-refractivity contribution in [3.05, 3.63) is 0 Å². The van der Waals surface area contributed by atoms with Crippen molar-refractivity contribution in [3.63, 3.8) is 0 Å². The van der Waals surface area contributed by atoms with Crippen molar-refractivity contribution in [3.8, 4) is 0 Å². The first-order valence-electron chi connectivity index (χ1n) is 4.99. The third kappa shape index (κ3) is 4.26. The van der Waals surface area contributed by atoms with Crippen LogP contribution in [-0.2, 0) is 14.4 Å². The molecule has 1 aliphatic heterocycles. The molecule has 0 aromatic rings. The van der Waals surface area contributed by atoms with Gasteiger partial charge in [0.1, 0.15) is 0 Å². The molecular formula is C9H15N3O4. The van der Waals surface area contributed by atoms with Crippen molar-refractivity contribution >= 4 is 17.8 Å². The number of nitrogens with zero attached hydrogens (tertiary/aromatic N) is 1. The average Bonchev–Trinajstić information content (AvgIpc) is 2.48. The number of rotatable bonds is 6. The van der Waals surface area contributed by atoms with Crippen LogP contribution in [0.2, 0.25) is 0 Å². The summed E-state index contributed by atoms with van der Waals surface area (Å²) in [6.07, 6.45) is 1.11. The molecule has 1 heterocycles. The summed E-state index contributed by atoms with van der Waals surface area (Å²) >= 11 is 0. The number of aliphatic carboxylic acids is 1. The zero-order valence-corrected chi connectivity index (χ0v) is 8.81. The van der Waals surface area contributed by atoms with E-state index in [1.165, 1.54) is 4.90 Å². The lowest BCUT2D eigenvalue weighted by Gasteiger charge is -2.22. The molecule has 1 unspecified atom stereocenters. The number of carbonyl (C=O) groups is 3. The van der Waals surface area contributed by atoms with E-state index in [0.29, 0.717) is 19.4 Å². The third-order valence-electron chi connectivity index (χ3n) is 2.30. The number of hydrogen-bond donors (Lipinski definition) is 3. The van der Waals surface area contributed by atoms with Crippen molar-refractivity contribution in [1.82, 2.24) is 10.2 Å². The Hall–Kier alpha value is -1.63. The molecule has 1 atom stereocenters. The minimum atomic E-state index is -1.02. The molecule has 0 aromatic carbocycles. The van der Waals surface area contributed by atoms with Gasteiger partial charge in [-0.2, -0.15) is 0 Å². The fourth-order valence-corrected chi connectivity index (χ4v) is 1.72. The molecule has 0 aromatic heterocycles. The van der Waals surface area contributed by atoms with E-state index in [1.807, 2.05) is 0 Å². The maximum absolute atomic E-state index is 10.9. The number of carboxylic acids is 1.